The van der Waals surface area contributed by atoms with Crippen LogP contribution in [0.25, 0.3) is 0 Å². The number of likely N-dealkylation sites (tertiary alicyclic amines) is 1. The molecule has 2 N–H and O–H groups in total. The third-order valence-corrected chi connectivity index (χ3v) is 4.29. The van der Waals surface area contributed by atoms with Crippen LogP contribution >= 0.6 is 0 Å². The van der Waals surface area contributed by atoms with Gasteiger partial charge in [-0.2, -0.15) is 0 Å². The molecule has 1 aromatic carbocycles. The number of benzene rings is 1. The molecule has 30 heavy (non-hydrogen) atoms. The highest BCUT2D eigenvalue weighted by Gasteiger charge is 2.35. The summed E-state index contributed by atoms with van der Waals surface area (Å²) in [7, 11) is 1.28. The van der Waals surface area contributed by atoms with Crippen molar-refractivity contribution < 1.29 is 29.0 Å². The molecule has 1 fully saturated rings. The fourth-order valence-electron chi connectivity index (χ4n) is 2.94. The lowest BCUT2D eigenvalue weighted by Gasteiger charge is -2.24. The first-order chi connectivity index (χ1) is 14.5. The molecule has 0 radical (unpaired) electrons. The summed E-state index contributed by atoms with van der Waals surface area (Å²) in [5.74, 6) is -0.836. The molecule has 8 heteroatoms. The van der Waals surface area contributed by atoms with E-state index in [0.717, 1.165) is 18.4 Å². The van der Waals surface area contributed by atoms with E-state index in [2.05, 4.69) is 10.1 Å². The van der Waals surface area contributed by atoms with Crippen LogP contribution in [0.15, 0.2) is 42.1 Å². The van der Waals surface area contributed by atoms with E-state index in [1.54, 1.807) is 6.92 Å². The van der Waals surface area contributed by atoms with Crippen molar-refractivity contribution in [2.75, 3.05) is 20.3 Å². The van der Waals surface area contributed by atoms with Crippen LogP contribution < -0.4 is 5.32 Å². The van der Waals surface area contributed by atoms with Crippen molar-refractivity contribution in [3.05, 3.63) is 47.7 Å². The van der Waals surface area contributed by atoms with E-state index in [1.807, 2.05) is 37.3 Å². The van der Waals surface area contributed by atoms with Crippen molar-refractivity contribution in [3.8, 4) is 0 Å². The lowest BCUT2D eigenvalue weighted by Crippen LogP contribution is -2.45. The summed E-state index contributed by atoms with van der Waals surface area (Å²) in [6.07, 6.45) is 3.34. The predicted molar refractivity (Wildman–Crippen MR) is 112 cm³/mol. The Labute approximate surface area is 177 Å². The summed E-state index contributed by atoms with van der Waals surface area (Å²) in [6, 6.07) is 8.77. The lowest BCUT2D eigenvalue weighted by atomic mass is 10.2. The minimum absolute atomic E-state index is 0.161. The number of allylic oxidation sites excluding steroid dienone is 1. The molecule has 2 amide bonds. The summed E-state index contributed by atoms with van der Waals surface area (Å²) in [5, 5.41) is 10.3. The number of ether oxygens (including phenoxy) is 2. The minimum Gasteiger partial charge on any atom is -0.466 e. The van der Waals surface area contributed by atoms with Gasteiger partial charge in [-0.25, -0.2) is 9.59 Å². The molecule has 8 nitrogen and oxygen atoms in total. The smallest absolute Gasteiger partial charge is 0.410 e. The first kappa shape index (κ1) is 25.2. The quantitative estimate of drug-likeness (QED) is 0.519. The van der Waals surface area contributed by atoms with Crippen molar-refractivity contribution in [1.29, 1.82) is 0 Å². The Balaban J connectivity index is 0.00000141. The van der Waals surface area contributed by atoms with Crippen molar-refractivity contribution in [2.45, 2.75) is 52.2 Å². The Hall–Kier alpha value is -2.87. The van der Waals surface area contributed by atoms with Crippen molar-refractivity contribution in [1.82, 2.24) is 10.2 Å². The zero-order valence-corrected chi connectivity index (χ0v) is 17.9. The van der Waals surface area contributed by atoms with Gasteiger partial charge in [-0.15, -0.1) is 0 Å². The number of nitrogens with zero attached hydrogens (tertiary/aromatic N) is 1. The number of esters is 1. The van der Waals surface area contributed by atoms with E-state index in [1.165, 1.54) is 18.1 Å². The molecule has 0 unspecified atom stereocenters. The Morgan fingerprint density at radius 3 is 2.50 bits per heavy atom. The maximum Gasteiger partial charge on any atom is 0.410 e. The summed E-state index contributed by atoms with van der Waals surface area (Å²) < 4.78 is 9.96. The van der Waals surface area contributed by atoms with Gasteiger partial charge in [0.05, 0.1) is 7.11 Å². The van der Waals surface area contributed by atoms with Gasteiger partial charge >= 0.3 is 12.1 Å². The predicted octanol–water partition coefficient (Wildman–Crippen LogP) is 2.76. The van der Waals surface area contributed by atoms with E-state index < -0.39 is 18.1 Å². The van der Waals surface area contributed by atoms with Gasteiger partial charge in [0.2, 0.25) is 5.91 Å². The van der Waals surface area contributed by atoms with Crippen LogP contribution in [0.4, 0.5) is 4.79 Å². The molecule has 1 saturated heterocycles. The van der Waals surface area contributed by atoms with Gasteiger partial charge in [0.1, 0.15) is 12.6 Å². The van der Waals surface area contributed by atoms with Crippen molar-refractivity contribution in [3.63, 3.8) is 0 Å². The van der Waals surface area contributed by atoms with Crippen molar-refractivity contribution in [2.24, 2.45) is 0 Å². The second-order valence-corrected chi connectivity index (χ2v) is 6.64. The number of carbonyl (C=O) groups is 3. The fraction of sp³-hybridized carbons (Fsp3) is 0.500. The maximum absolute atomic E-state index is 12.6. The second-order valence-electron chi connectivity index (χ2n) is 6.64. The Morgan fingerprint density at radius 1 is 1.23 bits per heavy atom. The summed E-state index contributed by atoms with van der Waals surface area (Å²) in [5.41, 5.74) is 1.37. The molecule has 0 aromatic heterocycles. The van der Waals surface area contributed by atoms with E-state index in [0.29, 0.717) is 25.1 Å². The summed E-state index contributed by atoms with van der Waals surface area (Å²) in [6.45, 7) is 4.50. The Kier molecular flexibility index (Phi) is 11.9. The standard InChI is InChI=1S/C20H26N2O5.C2H6O/c1-3-8-16(13-18(23)26-2)21-19(24)17-11-7-12-22(17)20(25)27-14-15-9-5-4-6-10-15;1-2-3/h4-6,9-10,13,17H,3,7-8,11-12,14H2,1-2H3,(H,21,24);3H,2H2,1H3/b16-13+;/t17-;/m0./s1. The van der Waals surface area contributed by atoms with Crippen LogP contribution in [0.2, 0.25) is 0 Å². The Bertz CT molecular complexity index is 705. The second kappa shape index (κ2) is 14.2. The SMILES string of the molecule is CCC/C(=C\C(=O)OC)NC(=O)[C@@H]1CCCN1C(=O)OCc1ccccc1.CCO. The van der Waals surface area contributed by atoms with Crippen LogP contribution in [0.5, 0.6) is 0 Å². The van der Waals surface area contributed by atoms with Crippen LogP contribution in [0, 0.1) is 0 Å². The molecule has 1 aromatic rings. The van der Waals surface area contributed by atoms with Gasteiger partial charge in [-0.05, 0) is 31.7 Å². The highest BCUT2D eigenvalue weighted by molar-refractivity contribution is 5.89. The first-order valence-corrected chi connectivity index (χ1v) is 10.1. The number of hydrogen-bond acceptors (Lipinski definition) is 6. The number of methoxy groups -OCH3 is 1. The third kappa shape index (κ3) is 8.65. The molecule has 1 heterocycles. The Morgan fingerprint density at radius 2 is 1.90 bits per heavy atom. The van der Waals surface area contributed by atoms with Crippen molar-refractivity contribution >= 4 is 18.0 Å². The topological polar surface area (TPSA) is 105 Å². The molecular weight excluding hydrogens is 388 g/mol. The highest BCUT2D eigenvalue weighted by atomic mass is 16.6. The molecule has 0 aliphatic carbocycles. The average molecular weight is 421 g/mol. The largest absolute Gasteiger partial charge is 0.466 e. The number of rotatable bonds is 7. The van der Waals surface area contributed by atoms with E-state index in [4.69, 9.17) is 9.84 Å². The number of aliphatic hydroxyl groups excluding tert-OH is 1. The lowest BCUT2D eigenvalue weighted by molar-refractivity contribution is -0.134. The van der Waals surface area contributed by atoms with Gasteiger partial charge in [0.25, 0.3) is 0 Å². The molecule has 1 aliphatic heterocycles. The first-order valence-electron chi connectivity index (χ1n) is 10.1. The molecular formula is C22H32N2O6. The zero-order chi connectivity index (χ0) is 22.4. The number of carbonyl (C=O) groups excluding carboxylic acids is 3. The monoisotopic (exact) mass is 420 g/mol. The van der Waals surface area contributed by atoms with Gasteiger partial charge < -0.3 is 19.9 Å². The average Bonchev–Trinajstić information content (AvgIpc) is 3.23. The van der Waals surface area contributed by atoms with Crippen LogP contribution in [-0.2, 0) is 25.7 Å². The molecule has 166 valence electrons. The van der Waals surface area contributed by atoms with E-state index in [-0.39, 0.29) is 19.1 Å². The molecule has 0 spiro atoms. The van der Waals surface area contributed by atoms with Crippen LogP contribution in [0.3, 0.4) is 0 Å². The van der Waals surface area contributed by atoms with Gasteiger partial charge in [-0.3, -0.25) is 9.69 Å². The zero-order valence-electron chi connectivity index (χ0n) is 17.9. The molecule has 1 atom stereocenters. The van der Waals surface area contributed by atoms with Gasteiger partial charge in [-0.1, -0.05) is 43.7 Å². The summed E-state index contributed by atoms with van der Waals surface area (Å²) >= 11 is 0. The van der Waals surface area contributed by atoms with Crippen LogP contribution in [0.1, 0.15) is 45.1 Å². The van der Waals surface area contributed by atoms with E-state index in [9.17, 15) is 14.4 Å². The third-order valence-electron chi connectivity index (χ3n) is 4.29. The number of amides is 2. The normalized spacial score (nSPS) is 15.7. The maximum atomic E-state index is 12.6. The number of hydrogen-bond donors (Lipinski definition) is 2. The molecule has 2 rings (SSSR count). The minimum atomic E-state index is -0.605. The van der Waals surface area contributed by atoms with Gasteiger partial charge in [0, 0.05) is 24.9 Å². The number of aliphatic hydroxyl groups is 1. The fourth-order valence-corrected chi connectivity index (χ4v) is 2.94. The molecule has 0 saturated carbocycles. The summed E-state index contributed by atoms with van der Waals surface area (Å²) in [4.78, 5) is 37.9. The van der Waals surface area contributed by atoms with Crippen LogP contribution in [-0.4, -0.2) is 54.3 Å². The molecule has 0 bridgehead atoms. The number of nitrogens with one attached hydrogen (secondary N) is 1. The van der Waals surface area contributed by atoms with E-state index >= 15 is 0 Å². The van der Waals surface area contributed by atoms with Gasteiger partial charge in [0.15, 0.2) is 0 Å². The molecule has 1 aliphatic rings. The highest BCUT2D eigenvalue weighted by Crippen LogP contribution is 2.20.